The first-order valence-corrected chi connectivity index (χ1v) is 10.0. The van der Waals surface area contributed by atoms with E-state index in [0.29, 0.717) is 12.2 Å². The minimum Gasteiger partial charge on any atom is -0.493 e. The number of amides is 1. The molecule has 0 saturated carbocycles. The average molecular weight is 398 g/mol. The molecule has 0 aromatic heterocycles. The van der Waals surface area contributed by atoms with E-state index in [1.165, 1.54) is 19.1 Å². The molecule has 0 aliphatic carbocycles. The number of nitrogens with one attached hydrogen (secondary N) is 1. The fourth-order valence-corrected chi connectivity index (χ4v) is 3.61. The van der Waals surface area contributed by atoms with Crippen molar-refractivity contribution in [2.24, 2.45) is 5.92 Å². The standard InChI is InChI=1S/C23H27FN2O3/c1-17(27)25-21-4-2-5-22(16-21)29-15-3-12-26-13-10-19(11-14-26)23(28)18-6-8-20(24)9-7-18/h2,4-9,16,19H,3,10-15H2,1H3,(H,25,27). The van der Waals surface area contributed by atoms with Crippen molar-refractivity contribution in [1.82, 2.24) is 4.90 Å². The van der Waals surface area contributed by atoms with Gasteiger partial charge in [-0.05, 0) is 68.8 Å². The Labute approximate surface area is 170 Å². The van der Waals surface area contributed by atoms with E-state index in [1.54, 1.807) is 12.1 Å². The third kappa shape index (κ3) is 6.39. The lowest BCUT2D eigenvalue weighted by Gasteiger charge is -2.31. The van der Waals surface area contributed by atoms with Gasteiger partial charge in [0.25, 0.3) is 0 Å². The summed E-state index contributed by atoms with van der Waals surface area (Å²) < 4.78 is 18.8. The number of hydrogen-bond acceptors (Lipinski definition) is 4. The summed E-state index contributed by atoms with van der Waals surface area (Å²) in [7, 11) is 0. The molecule has 0 unspecified atom stereocenters. The first-order chi connectivity index (χ1) is 14.0. The fourth-order valence-electron chi connectivity index (χ4n) is 3.61. The molecule has 3 rings (SSSR count). The second kappa shape index (κ2) is 10.2. The maximum Gasteiger partial charge on any atom is 0.221 e. The third-order valence-electron chi connectivity index (χ3n) is 5.13. The molecule has 154 valence electrons. The summed E-state index contributed by atoms with van der Waals surface area (Å²) >= 11 is 0. The lowest BCUT2D eigenvalue weighted by atomic mass is 9.89. The van der Waals surface area contributed by atoms with Gasteiger partial charge in [0, 0.05) is 36.7 Å². The number of anilines is 1. The predicted molar refractivity (Wildman–Crippen MR) is 111 cm³/mol. The number of carbonyl (C=O) groups is 2. The molecule has 0 atom stereocenters. The smallest absolute Gasteiger partial charge is 0.221 e. The largest absolute Gasteiger partial charge is 0.493 e. The van der Waals surface area contributed by atoms with E-state index in [4.69, 9.17) is 4.74 Å². The number of piperidine rings is 1. The van der Waals surface area contributed by atoms with Crippen LogP contribution in [0.5, 0.6) is 5.75 Å². The summed E-state index contributed by atoms with van der Waals surface area (Å²) in [5, 5.41) is 2.74. The number of carbonyl (C=O) groups excluding carboxylic acids is 2. The van der Waals surface area contributed by atoms with Crippen LogP contribution in [0.25, 0.3) is 0 Å². The third-order valence-corrected chi connectivity index (χ3v) is 5.13. The fraction of sp³-hybridized carbons (Fsp3) is 0.391. The molecule has 1 N–H and O–H groups in total. The minimum atomic E-state index is -0.319. The van der Waals surface area contributed by atoms with Gasteiger partial charge < -0.3 is 15.0 Å². The van der Waals surface area contributed by atoms with Crippen molar-refractivity contribution in [3.63, 3.8) is 0 Å². The molecular weight excluding hydrogens is 371 g/mol. The quantitative estimate of drug-likeness (QED) is 0.536. The molecule has 2 aromatic rings. The molecular formula is C23H27FN2O3. The highest BCUT2D eigenvalue weighted by Crippen LogP contribution is 2.22. The second-order valence-corrected chi connectivity index (χ2v) is 7.40. The van der Waals surface area contributed by atoms with Gasteiger partial charge in [-0.1, -0.05) is 6.07 Å². The second-order valence-electron chi connectivity index (χ2n) is 7.40. The highest BCUT2D eigenvalue weighted by Gasteiger charge is 2.25. The molecule has 5 nitrogen and oxygen atoms in total. The van der Waals surface area contributed by atoms with Crippen molar-refractivity contribution in [1.29, 1.82) is 0 Å². The summed E-state index contributed by atoms with van der Waals surface area (Å²) in [6.45, 7) is 4.76. The van der Waals surface area contributed by atoms with Crippen molar-refractivity contribution in [2.45, 2.75) is 26.2 Å². The van der Waals surface area contributed by atoms with E-state index in [2.05, 4.69) is 10.2 Å². The molecule has 1 aliphatic rings. The van der Waals surface area contributed by atoms with E-state index in [9.17, 15) is 14.0 Å². The van der Waals surface area contributed by atoms with Crippen LogP contribution in [0.4, 0.5) is 10.1 Å². The minimum absolute atomic E-state index is 0.0180. The maximum absolute atomic E-state index is 13.0. The number of hydrogen-bond donors (Lipinski definition) is 1. The monoisotopic (exact) mass is 398 g/mol. The molecule has 1 amide bonds. The Morgan fingerprint density at radius 1 is 1.14 bits per heavy atom. The summed E-state index contributed by atoms with van der Waals surface area (Å²) in [4.78, 5) is 26.0. The van der Waals surface area contributed by atoms with Crippen LogP contribution in [0.3, 0.4) is 0 Å². The normalized spacial score (nSPS) is 15.1. The number of rotatable bonds is 8. The number of halogens is 1. The van der Waals surface area contributed by atoms with Crippen LogP contribution < -0.4 is 10.1 Å². The molecule has 29 heavy (non-hydrogen) atoms. The van der Waals surface area contributed by atoms with Crippen LogP contribution in [0.1, 0.15) is 36.5 Å². The van der Waals surface area contributed by atoms with E-state index < -0.39 is 0 Å². The zero-order chi connectivity index (χ0) is 20.6. The van der Waals surface area contributed by atoms with Gasteiger partial charge in [-0.3, -0.25) is 9.59 Å². The Kier molecular flexibility index (Phi) is 7.36. The van der Waals surface area contributed by atoms with Gasteiger partial charge in [-0.15, -0.1) is 0 Å². The van der Waals surface area contributed by atoms with E-state index in [0.717, 1.165) is 50.3 Å². The number of likely N-dealkylation sites (tertiary alicyclic amines) is 1. The van der Waals surface area contributed by atoms with Crippen molar-refractivity contribution in [3.8, 4) is 5.75 Å². The summed E-state index contributed by atoms with van der Waals surface area (Å²) in [5.74, 6) is 0.445. The Hall–Kier alpha value is -2.73. The molecule has 1 heterocycles. The van der Waals surface area contributed by atoms with Gasteiger partial charge in [0.15, 0.2) is 5.78 Å². The number of ether oxygens (including phenoxy) is 1. The first kappa shape index (κ1) is 21.0. The zero-order valence-electron chi connectivity index (χ0n) is 16.7. The van der Waals surface area contributed by atoms with E-state index in [-0.39, 0.29) is 23.4 Å². The molecule has 2 aromatic carbocycles. The van der Waals surface area contributed by atoms with Gasteiger partial charge in [0.2, 0.25) is 5.91 Å². The Morgan fingerprint density at radius 3 is 2.55 bits per heavy atom. The highest BCUT2D eigenvalue weighted by atomic mass is 19.1. The van der Waals surface area contributed by atoms with Gasteiger partial charge in [0.05, 0.1) is 6.61 Å². The zero-order valence-corrected chi connectivity index (χ0v) is 16.7. The Morgan fingerprint density at radius 2 is 1.86 bits per heavy atom. The lowest BCUT2D eigenvalue weighted by molar-refractivity contribution is -0.114. The SMILES string of the molecule is CC(=O)Nc1cccc(OCCCN2CCC(C(=O)c3ccc(F)cc3)CC2)c1. The van der Waals surface area contributed by atoms with Crippen molar-refractivity contribution < 1.29 is 18.7 Å². The summed E-state index contributed by atoms with van der Waals surface area (Å²) in [6.07, 6.45) is 2.55. The van der Waals surface area contributed by atoms with E-state index >= 15 is 0 Å². The van der Waals surface area contributed by atoms with Crippen molar-refractivity contribution in [2.75, 3.05) is 31.6 Å². The first-order valence-electron chi connectivity index (χ1n) is 10.0. The summed E-state index contributed by atoms with van der Waals surface area (Å²) in [5.41, 5.74) is 1.32. The Bertz CT molecular complexity index is 830. The Balaban J connectivity index is 1.36. The average Bonchev–Trinajstić information content (AvgIpc) is 2.71. The van der Waals surface area contributed by atoms with Gasteiger partial charge in [-0.25, -0.2) is 4.39 Å². The number of Topliss-reactive ketones (excluding diaryl/α,β-unsaturated/α-hetero) is 1. The molecule has 1 fully saturated rings. The van der Waals surface area contributed by atoms with Crippen LogP contribution in [-0.4, -0.2) is 42.8 Å². The summed E-state index contributed by atoms with van der Waals surface area (Å²) in [6, 6.07) is 13.2. The van der Waals surface area contributed by atoms with Crippen LogP contribution in [0.15, 0.2) is 48.5 Å². The van der Waals surface area contributed by atoms with Crippen LogP contribution in [0.2, 0.25) is 0 Å². The van der Waals surface area contributed by atoms with Gasteiger partial charge in [-0.2, -0.15) is 0 Å². The highest BCUT2D eigenvalue weighted by molar-refractivity contribution is 5.97. The molecule has 0 spiro atoms. The number of nitrogens with zero attached hydrogens (tertiary/aromatic N) is 1. The van der Waals surface area contributed by atoms with Crippen molar-refractivity contribution in [3.05, 3.63) is 59.9 Å². The van der Waals surface area contributed by atoms with E-state index in [1.807, 2.05) is 24.3 Å². The predicted octanol–water partition coefficient (Wildman–Crippen LogP) is 4.15. The lowest BCUT2D eigenvalue weighted by Crippen LogP contribution is -2.37. The molecule has 0 bridgehead atoms. The van der Waals surface area contributed by atoms with Crippen LogP contribution in [0, 0.1) is 11.7 Å². The molecule has 1 aliphatic heterocycles. The molecule has 6 heteroatoms. The molecule has 1 saturated heterocycles. The van der Waals surface area contributed by atoms with Gasteiger partial charge >= 0.3 is 0 Å². The maximum atomic E-state index is 13.0. The molecule has 0 radical (unpaired) electrons. The van der Waals surface area contributed by atoms with Crippen LogP contribution >= 0.6 is 0 Å². The van der Waals surface area contributed by atoms with Crippen LogP contribution in [-0.2, 0) is 4.79 Å². The van der Waals surface area contributed by atoms with Crippen molar-refractivity contribution >= 4 is 17.4 Å². The number of ketones is 1. The van der Waals surface area contributed by atoms with Gasteiger partial charge in [0.1, 0.15) is 11.6 Å². The topological polar surface area (TPSA) is 58.6 Å². The number of benzene rings is 2.